The Morgan fingerprint density at radius 3 is 2.58 bits per heavy atom. The van der Waals surface area contributed by atoms with Crippen molar-refractivity contribution in [2.75, 3.05) is 23.7 Å². The van der Waals surface area contributed by atoms with E-state index in [1.165, 1.54) is 24.3 Å². The zero-order chi connectivity index (χ0) is 25.1. The zero-order valence-electron chi connectivity index (χ0n) is 19.3. The number of fused-ring (bicyclic) bond motifs is 1. The van der Waals surface area contributed by atoms with Gasteiger partial charge in [-0.25, -0.2) is 9.78 Å². The number of aromatic carboxylic acids is 1. The standard InChI is InChI=1S/C25H24N6O5/c32-24(33)16-3-5-17(6-4-16)26-23-21-14-19(31(34)35)7-8-22(21)28-25(29-23)27-18-9-11-30(12-10-18)15-20-2-1-13-36-20/h1-8,13-14,18H,9-12,15H2,(H,32,33)(H2,26,27,28,29). The van der Waals surface area contributed by atoms with Crippen molar-refractivity contribution in [1.29, 1.82) is 0 Å². The Morgan fingerprint density at radius 1 is 1.14 bits per heavy atom. The number of nitro groups is 1. The molecule has 0 radical (unpaired) electrons. The molecule has 2 aromatic heterocycles. The Bertz CT molecular complexity index is 1380. The number of anilines is 3. The third kappa shape index (κ3) is 5.26. The average molecular weight is 489 g/mol. The quantitative estimate of drug-likeness (QED) is 0.236. The summed E-state index contributed by atoms with van der Waals surface area (Å²) in [5.41, 5.74) is 1.24. The van der Waals surface area contributed by atoms with Crippen LogP contribution in [0.1, 0.15) is 29.0 Å². The first kappa shape index (κ1) is 23.2. The van der Waals surface area contributed by atoms with Crippen LogP contribution in [0.15, 0.2) is 65.3 Å². The predicted molar refractivity (Wildman–Crippen MR) is 134 cm³/mol. The molecule has 2 aromatic carbocycles. The molecule has 1 fully saturated rings. The smallest absolute Gasteiger partial charge is 0.335 e. The number of carboxylic acid groups (broad SMARTS) is 1. The number of carboxylic acids is 1. The van der Waals surface area contributed by atoms with E-state index >= 15 is 0 Å². The van der Waals surface area contributed by atoms with Crippen LogP contribution in [0.5, 0.6) is 0 Å². The van der Waals surface area contributed by atoms with Gasteiger partial charge in [0, 0.05) is 42.3 Å². The van der Waals surface area contributed by atoms with Gasteiger partial charge in [0.15, 0.2) is 0 Å². The number of likely N-dealkylation sites (tertiary alicyclic amines) is 1. The summed E-state index contributed by atoms with van der Waals surface area (Å²) in [5.74, 6) is 0.738. The summed E-state index contributed by atoms with van der Waals surface area (Å²) in [5, 5.41) is 27.5. The van der Waals surface area contributed by atoms with Gasteiger partial charge in [-0.1, -0.05) is 0 Å². The summed E-state index contributed by atoms with van der Waals surface area (Å²) in [4.78, 5) is 33.6. The van der Waals surface area contributed by atoms with E-state index in [-0.39, 0.29) is 17.3 Å². The average Bonchev–Trinajstić information content (AvgIpc) is 3.38. The van der Waals surface area contributed by atoms with Crippen molar-refractivity contribution in [1.82, 2.24) is 14.9 Å². The fraction of sp³-hybridized carbons (Fsp3) is 0.240. The first-order chi connectivity index (χ1) is 17.4. The largest absolute Gasteiger partial charge is 0.478 e. The van der Waals surface area contributed by atoms with Crippen LogP contribution in [0.4, 0.5) is 23.1 Å². The summed E-state index contributed by atoms with van der Waals surface area (Å²) < 4.78 is 5.45. The lowest BCUT2D eigenvalue weighted by Gasteiger charge is -2.31. The molecular formula is C25H24N6O5. The number of piperidine rings is 1. The highest BCUT2D eigenvalue weighted by atomic mass is 16.6. The Kier molecular flexibility index (Phi) is 6.46. The molecule has 1 aliphatic heterocycles. The number of non-ortho nitro benzene ring substituents is 1. The van der Waals surface area contributed by atoms with E-state index in [0.29, 0.717) is 28.4 Å². The van der Waals surface area contributed by atoms with E-state index in [4.69, 9.17) is 9.52 Å². The number of nitrogens with zero attached hydrogens (tertiary/aromatic N) is 4. The zero-order valence-corrected chi connectivity index (χ0v) is 19.3. The Hall–Kier alpha value is -4.51. The minimum absolute atomic E-state index is 0.0694. The summed E-state index contributed by atoms with van der Waals surface area (Å²) in [6.07, 6.45) is 3.49. The van der Waals surface area contributed by atoms with Crippen molar-refractivity contribution >= 4 is 40.0 Å². The minimum atomic E-state index is -1.02. The van der Waals surface area contributed by atoms with Gasteiger partial charge < -0.3 is 20.2 Å². The van der Waals surface area contributed by atoms with Crippen LogP contribution >= 0.6 is 0 Å². The monoisotopic (exact) mass is 488 g/mol. The van der Waals surface area contributed by atoms with Crippen LogP contribution in [-0.4, -0.2) is 50.0 Å². The first-order valence-corrected chi connectivity index (χ1v) is 11.5. The van der Waals surface area contributed by atoms with Crippen LogP contribution < -0.4 is 10.6 Å². The number of carbonyl (C=O) groups is 1. The van der Waals surface area contributed by atoms with Gasteiger partial charge in [-0.15, -0.1) is 0 Å². The van der Waals surface area contributed by atoms with Gasteiger partial charge in [0.1, 0.15) is 11.6 Å². The Labute approximate surface area is 205 Å². The fourth-order valence-corrected chi connectivity index (χ4v) is 4.26. The van der Waals surface area contributed by atoms with Crippen LogP contribution in [0, 0.1) is 10.1 Å². The van der Waals surface area contributed by atoms with Crippen molar-refractivity contribution in [3.63, 3.8) is 0 Å². The number of hydrogen-bond donors (Lipinski definition) is 3. The lowest BCUT2D eigenvalue weighted by atomic mass is 10.1. The molecule has 0 bridgehead atoms. The van der Waals surface area contributed by atoms with Crippen LogP contribution in [0.25, 0.3) is 10.9 Å². The molecule has 4 aromatic rings. The number of nitrogens with one attached hydrogen (secondary N) is 2. The van der Waals surface area contributed by atoms with Crippen molar-refractivity contribution in [2.24, 2.45) is 0 Å². The van der Waals surface area contributed by atoms with E-state index in [9.17, 15) is 14.9 Å². The summed E-state index contributed by atoms with van der Waals surface area (Å²) >= 11 is 0. The van der Waals surface area contributed by atoms with Crippen molar-refractivity contribution in [2.45, 2.75) is 25.4 Å². The highest BCUT2D eigenvalue weighted by Gasteiger charge is 2.21. The number of benzene rings is 2. The second-order valence-corrected chi connectivity index (χ2v) is 8.64. The van der Waals surface area contributed by atoms with E-state index in [1.807, 2.05) is 12.1 Å². The maximum absolute atomic E-state index is 11.3. The molecule has 1 aliphatic rings. The lowest BCUT2D eigenvalue weighted by Crippen LogP contribution is -2.38. The second-order valence-electron chi connectivity index (χ2n) is 8.64. The van der Waals surface area contributed by atoms with Crippen LogP contribution in [0.2, 0.25) is 0 Å². The van der Waals surface area contributed by atoms with E-state index < -0.39 is 10.9 Å². The van der Waals surface area contributed by atoms with Gasteiger partial charge in [0.25, 0.3) is 5.69 Å². The van der Waals surface area contributed by atoms with Gasteiger partial charge in [-0.05, 0) is 55.3 Å². The van der Waals surface area contributed by atoms with Crippen LogP contribution in [-0.2, 0) is 6.54 Å². The highest BCUT2D eigenvalue weighted by Crippen LogP contribution is 2.29. The molecule has 0 amide bonds. The molecule has 0 atom stereocenters. The number of hydrogen-bond acceptors (Lipinski definition) is 9. The van der Waals surface area contributed by atoms with Gasteiger partial charge in [0.2, 0.25) is 5.95 Å². The van der Waals surface area contributed by atoms with Crippen molar-refractivity contribution < 1.29 is 19.2 Å². The van der Waals surface area contributed by atoms with Crippen LogP contribution in [0.3, 0.4) is 0 Å². The van der Waals surface area contributed by atoms with Gasteiger partial charge >= 0.3 is 5.97 Å². The molecule has 0 spiro atoms. The molecule has 36 heavy (non-hydrogen) atoms. The number of furan rings is 1. The van der Waals surface area contributed by atoms with Crippen molar-refractivity contribution in [3.05, 3.63) is 82.3 Å². The number of nitro benzene ring substituents is 1. The van der Waals surface area contributed by atoms with Gasteiger partial charge in [0.05, 0.1) is 28.8 Å². The van der Waals surface area contributed by atoms with Gasteiger partial charge in [-0.2, -0.15) is 4.98 Å². The SMILES string of the molecule is O=C(O)c1ccc(Nc2nc(NC3CCN(Cc4ccco4)CC3)nc3ccc([N+](=O)[O-])cc23)cc1. The third-order valence-electron chi connectivity index (χ3n) is 6.17. The molecule has 3 N–H and O–H groups in total. The molecule has 0 saturated carbocycles. The summed E-state index contributed by atoms with van der Waals surface area (Å²) in [6.45, 7) is 2.58. The molecule has 184 valence electrons. The molecule has 0 unspecified atom stereocenters. The number of aromatic nitrogens is 2. The van der Waals surface area contributed by atoms with E-state index in [2.05, 4.69) is 25.5 Å². The highest BCUT2D eigenvalue weighted by molar-refractivity contribution is 5.93. The Morgan fingerprint density at radius 2 is 1.92 bits per heavy atom. The van der Waals surface area contributed by atoms with Gasteiger partial charge in [-0.3, -0.25) is 15.0 Å². The predicted octanol–water partition coefficient (Wildman–Crippen LogP) is 4.65. The normalized spacial score (nSPS) is 14.6. The number of rotatable bonds is 8. The summed E-state index contributed by atoms with van der Waals surface area (Å²) in [7, 11) is 0. The van der Waals surface area contributed by atoms with Crippen molar-refractivity contribution in [3.8, 4) is 0 Å². The molecule has 11 heteroatoms. The lowest BCUT2D eigenvalue weighted by molar-refractivity contribution is -0.384. The third-order valence-corrected chi connectivity index (χ3v) is 6.17. The maximum Gasteiger partial charge on any atom is 0.335 e. The molecule has 3 heterocycles. The molecule has 0 aliphatic carbocycles. The topological polar surface area (TPSA) is 147 Å². The minimum Gasteiger partial charge on any atom is -0.478 e. The van der Waals surface area contributed by atoms with E-state index in [1.54, 1.807) is 24.5 Å². The maximum atomic E-state index is 11.3. The van der Waals surface area contributed by atoms with E-state index in [0.717, 1.165) is 38.2 Å². The summed E-state index contributed by atoms with van der Waals surface area (Å²) in [6, 6.07) is 14.7. The second kappa shape index (κ2) is 10.0. The molecule has 1 saturated heterocycles. The fourth-order valence-electron chi connectivity index (χ4n) is 4.26. The Balaban J connectivity index is 1.36. The first-order valence-electron chi connectivity index (χ1n) is 11.5. The molecule has 5 rings (SSSR count). The molecule has 11 nitrogen and oxygen atoms in total. The molecular weight excluding hydrogens is 464 g/mol.